The Morgan fingerprint density at radius 3 is 2.11 bits per heavy atom. The summed E-state index contributed by atoms with van der Waals surface area (Å²) in [7, 11) is 0. The second-order valence-electron chi connectivity index (χ2n) is 8.92. The van der Waals surface area contributed by atoms with E-state index in [-0.39, 0.29) is 0 Å². The second kappa shape index (κ2) is 7.08. The number of benzene rings is 5. The van der Waals surface area contributed by atoms with Crippen molar-refractivity contribution in [3.63, 3.8) is 0 Å². The average Bonchev–Trinajstić information content (AvgIpc) is 3.57. The Balaban J connectivity index is 1.58. The molecule has 5 aromatic carbocycles. The maximum atomic E-state index is 6.23. The molecule has 0 aliphatic rings. The third-order valence-corrected chi connectivity index (χ3v) is 8.19. The fraction of sp³-hybridized carbons (Fsp3) is 0. The zero-order chi connectivity index (χ0) is 22.9. The maximum Gasteiger partial charge on any atom is 0.136 e. The first-order valence-corrected chi connectivity index (χ1v) is 12.6. The minimum atomic E-state index is 0.927. The maximum absolute atomic E-state index is 6.23. The minimum absolute atomic E-state index is 0.927. The van der Waals surface area contributed by atoms with E-state index in [0.717, 1.165) is 16.6 Å². The molecule has 164 valence electrons. The summed E-state index contributed by atoms with van der Waals surface area (Å²) in [6.45, 7) is 0. The molecule has 0 aliphatic heterocycles. The molecule has 0 amide bonds. The van der Waals surface area contributed by atoms with Crippen LogP contribution >= 0.6 is 11.3 Å². The monoisotopic (exact) mass is 465 g/mol. The molecule has 0 N–H and O–H groups in total. The van der Waals surface area contributed by atoms with E-state index in [4.69, 9.17) is 4.42 Å². The van der Waals surface area contributed by atoms with Gasteiger partial charge in [0.15, 0.2) is 0 Å². The lowest BCUT2D eigenvalue weighted by Gasteiger charge is -2.11. The van der Waals surface area contributed by atoms with Crippen molar-refractivity contribution in [2.75, 3.05) is 0 Å². The van der Waals surface area contributed by atoms with Crippen LogP contribution in [0.1, 0.15) is 0 Å². The van der Waals surface area contributed by atoms with Gasteiger partial charge in [0.1, 0.15) is 11.2 Å². The number of hydrogen-bond donors (Lipinski definition) is 0. The average molecular weight is 466 g/mol. The molecular weight excluding hydrogens is 446 g/mol. The molecule has 0 fully saturated rings. The summed E-state index contributed by atoms with van der Waals surface area (Å²) >= 11 is 1.88. The number of nitrogens with zero attached hydrogens (tertiary/aromatic N) is 1. The van der Waals surface area contributed by atoms with Crippen molar-refractivity contribution >= 4 is 64.5 Å². The zero-order valence-electron chi connectivity index (χ0n) is 18.7. The van der Waals surface area contributed by atoms with E-state index >= 15 is 0 Å². The number of para-hydroxylation sites is 3. The van der Waals surface area contributed by atoms with Crippen LogP contribution < -0.4 is 0 Å². The molecule has 3 aromatic heterocycles. The number of aromatic nitrogens is 1. The Morgan fingerprint density at radius 1 is 0.543 bits per heavy atom. The molecule has 2 nitrogen and oxygen atoms in total. The summed E-state index contributed by atoms with van der Waals surface area (Å²) in [5.74, 6) is 0. The summed E-state index contributed by atoms with van der Waals surface area (Å²) in [5.41, 5.74) is 8.00. The molecule has 3 heterocycles. The van der Waals surface area contributed by atoms with Crippen molar-refractivity contribution in [3.05, 3.63) is 115 Å². The molecule has 0 saturated carbocycles. The molecule has 0 bridgehead atoms. The molecule has 8 rings (SSSR count). The van der Waals surface area contributed by atoms with Crippen LogP contribution in [0.5, 0.6) is 0 Å². The van der Waals surface area contributed by atoms with Crippen LogP contribution in [0.4, 0.5) is 0 Å². The van der Waals surface area contributed by atoms with Crippen LogP contribution in [0.3, 0.4) is 0 Å². The Kier molecular flexibility index (Phi) is 3.85. The molecule has 0 spiro atoms. The lowest BCUT2D eigenvalue weighted by atomic mass is 9.96. The van der Waals surface area contributed by atoms with Gasteiger partial charge in [0, 0.05) is 31.9 Å². The fourth-order valence-electron chi connectivity index (χ4n) is 5.58. The first kappa shape index (κ1) is 19.0. The van der Waals surface area contributed by atoms with Crippen molar-refractivity contribution in [2.24, 2.45) is 0 Å². The molecule has 8 aromatic rings. The van der Waals surface area contributed by atoms with Gasteiger partial charge in [0.05, 0.1) is 15.7 Å². The van der Waals surface area contributed by atoms with E-state index in [2.05, 4.69) is 114 Å². The van der Waals surface area contributed by atoms with Crippen molar-refractivity contribution in [3.8, 4) is 16.8 Å². The van der Waals surface area contributed by atoms with Gasteiger partial charge in [-0.3, -0.25) is 0 Å². The van der Waals surface area contributed by atoms with Crippen molar-refractivity contribution < 1.29 is 4.42 Å². The summed E-state index contributed by atoms with van der Waals surface area (Å²) in [5, 5.41) is 4.93. The van der Waals surface area contributed by atoms with Crippen LogP contribution in [0.25, 0.3) is 70.0 Å². The zero-order valence-corrected chi connectivity index (χ0v) is 19.5. The van der Waals surface area contributed by atoms with Gasteiger partial charge in [-0.15, -0.1) is 11.3 Å². The van der Waals surface area contributed by atoms with Gasteiger partial charge in [-0.25, -0.2) is 0 Å². The summed E-state index contributed by atoms with van der Waals surface area (Å²) in [6, 6.07) is 40.9. The molecule has 0 saturated heterocycles. The van der Waals surface area contributed by atoms with Gasteiger partial charge >= 0.3 is 0 Å². The Bertz CT molecular complexity index is 2060. The normalized spacial score (nSPS) is 12.0. The van der Waals surface area contributed by atoms with Crippen LogP contribution in [-0.2, 0) is 0 Å². The fourth-order valence-corrected chi connectivity index (χ4v) is 6.83. The number of hydrogen-bond acceptors (Lipinski definition) is 2. The standard InChI is InChI=1S/C32H19NOS/c1-2-10-20(11-3-1)33-25-16-6-4-12-23(25)32-31(33)30-22(15-9-19-28(30)35-32)21-14-8-18-27-29(21)24-13-5-7-17-26(24)34-27/h1-19H. The predicted octanol–water partition coefficient (Wildman–Crippen LogP) is 9.56. The topological polar surface area (TPSA) is 18.1 Å². The minimum Gasteiger partial charge on any atom is -0.456 e. The van der Waals surface area contributed by atoms with Gasteiger partial charge in [-0.05, 0) is 47.5 Å². The van der Waals surface area contributed by atoms with E-state index in [9.17, 15) is 0 Å². The van der Waals surface area contributed by atoms with E-state index in [1.54, 1.807) is 0 Å². The highest BCUT2D eigenvalue weighted by molar-refractivity contribution is 7.26. The predicted molar refractivity (Wildman–Crippen MR) is 149 cm³/mol. The Labute approximate surface area is 205 Å². The molecular formula is C32H19NOS. The third-order valence-electron chi connectivity index (χ3n) is 7.01. The number of rotatable bonds is 2. The largest absolute Gasteiger partial charge is 0.456 e. The second-order valence-corrected chi connectivity index (χ2v) is 9.98. The van der Waals surface area contributed by atoms with E-state index in [1.165, 1.54) is 53.4 Å². The van der Waals surface area contributed by atoms with Gasteiger partial charge < -0.3 is 8.98 Å². The van der Waals surface area contributed by atoms with Crippen molar-refractivity contribution in [1.29, 1.82) is 0 Å². The van der Waals surface area contributed by atoms with E-state index < -0.39 is 0 Å². The smallest absolute Gasteiger partial charge is 0.136 e. The van der Waals surface area contributed by atoms with Gasteiger partial charge in [0.25, 0.3) is 0 Å². The van der Waals surface area contributed by atoms with Crippen LogP contribution in [0.15, 0.2) is 120 Å². The van der Waals surface area contributed by atoms with E-state index in [0.29, 0.717) is 0 Å². The molecule has 0 atom stereocenters. The van der Waals surface area contributed by atoms with Crippen LogP contribution in [-0.4, -0.2) is 4.57 Å². The Hall–Kier alpha value is -4.34. The SMILES string of the molecule is c1ccc(-n2c3ccccc3c3sc4cccc(-c5cccc6oc7ccccc7c56)c4c32)cc1. The van der Waals surface area contributed by atoms with Gasteiger partial charge in [-0.1, -0.05) is 78.9 Å². The first-order chi connectivity index (χ1) is 17.4. The third kappa shape index (κ3) is 2.59. The molecule has 0 unspecified atom stereocenters. The highest BCUT2D eigenvalue weighted by Crippen LogP contribution is 2.47. The quantitative estimate of drug-likeness (QED) is 0.248. The highest BCUT2D eigenvalue weighted by atomic mass is 32.1. The number of fused-ring (bicyclic) bond motifs is 8. The first-order valence-electron chi connectivity index (χ1n) is 11.8. The van der Waals surface area contributed by atoms with Crippen LogP contribution in [0, 0.1) is 0 Å². The lowest BCUT2D eigenvalue weighted by molar-refractivity contribution is 0.669. The summed E-state index contributed by atoms with van der Waals surface area (Å²) < 4.78 is 11.3. The molecule has 0 aliphatic carbocycles. The van der Waals surface area contributed by atoms with Gasteiger partial charge in [0.2, 0.25) is 0 Å². The lowest BCUT2D eigenvalue weighted by Crippen LogP contribution is -1.93. The molecule has 3 heteroatoms. The van der Waals surface area contributed by atoms with Crippen LogP contribution in [0.2, 0.25) is 0 Å². The highest BCUT2D eigenvalue weighted by Gasteiger charge is 2.21. The molecule has 0 radical (unpaired) electrons. The van der Waals surface area contributed by atoms with E-state index in [1.807, 2.05) is 17.4 Å². The van der Waals surface area contributed by atoms with Gasteiger partial charge in [-0.2, -0.15) is 0 Å². The van der Waals surface area contributed by atoms with Crippen molar-refractivity contribution in [1.82, 2.24) is 4.57 Å². The number of thiophene rings is 1. The summed E-state index contributed by atoms with van der Waals surface area (Å²) in [4.78, 5) is 0. The summed E-state index contributed by atoms with van der Waals surface area (Å²) in [6.07, 6.45) is 0. The Morgan fingerprint density at radius 2 is 1.23 bits per heavy atom. The molecule has 35 heavy (non-hydrogen) atoms. The van der Waals surface area contributed by atoms with Crippen molar-refractivity contribution in [2.45, 2.75) is 0 Å². The number of furan rings is 1.